The molecule has 2 rings (SSSR count). The molecule has 0 fully saturated rings. The smallest absolute Gasteiger partial charge is 0.257 e. The van der Waals surface area contributed by atoms with Crippen molar-refractivity contribution >= 4 is 5.91 Å². The number of rotatable bonds is 3. The summed E-state index contributed by atoms with van der Waals surface area (Å²) < 4.78 is 3.34. The van der Waals surface area contributed by atoms with Crippen molar-refractivity contribution in [3.8, 4) is 0 Å². The first-order valence-corrected chi connectivity index (χ1v) is 5.28. The van der Waals surface area contributed by atoms with E-state index in [0.717, 1.165) is 5.56 Å². The highest BCUT2D eigenvalue weighted by molar-refractivity contribution is 5.93. The van der Waals surface area contributed by atoms with Crippen LogP contribution in [0.2, 0.25) is 0 Å². The fourth-order valence-electron chi connectivity index (χ4n) is 1.65. The molecule has 0 bridgehead atoms. The van der Waals surface area contributed by atoms with Crippen molar-refractivity contribution in [2.24, 2.45) is 14.1 Å². The van der Waals surface area contributed by atoms with Gasteiger partial charge < -0.3 is 4.90 Å². The molecule has 0 radical (unpaired) electrons. The Balaban J connectivity index is 2.05. The summed E-state index contributed by atoms with van der Waals surface area (Å²) in [4.78, 5) is 13.7. The standard InChI is InChI=1S/C11H15N5O/c1-14(6-9-4-12-15(2)7-9)11(17)10-5-13-16(3)8-10/h4-5,7-8H,6H2,1-3H3. The minimum absolute atomic E-state index is 0.0399. The number of carbonyl (C=O) groups excluding carboxylic acids is 1. The Morgan fingerprint density at radius 3 is 2.41 bits per heavy atom. The summed E-state index contributed by atoms with van der Waals surface area (Å²) in [5.41, 5.74) is 1.60. The van der Waals surface area contributed by atoms with Gasteiger partial charge in [0.15, 0.2) is 0 Å². The molecular formula is C11H15N5O. The zero-order chi connectivity index (χ0) is 12.4. The van der Waals surface area contributed by atoms with Gasteiger partial charge in [-0.1, -0.05) is 0 Å². The lowest BCUT2D eigenvalue weighted by molar-refractivity contribution is 0.0785. The number of nitrogens with zero attached hydrogens (tertiary/aromatic N) is 5. The molecule has 2 aromatic heterocycles. The summed E-state index contributed by atoms with van der Waals surface area (Å²) in [5.74, 6) is -0.0399. The molecule has 0 N–H and O–H groups in total. The van der Waals surface area contributed by atoms with E-state index in [1.807, 2.05) is 13.2 Å². The average Bonchev–Trinajstić information content (AvgIpc) is 2.87. The van der Waals surface area contributed by atoms with Crippen LogP contribution in [0.5, 0.6) is 0 Å². The maximum atomic E-state index is 12.0. The van der Waals surface area contributed by atoms with Gasteiger partial charge >= 0.3 is 0 Å². The summed E-state index contributed by atoms with van der Waals surface area (Å²) in [6.45, 7) is 0.543. The normalized spacial score (nSPS) is 10.5. The molecule has 0 aromatic carbocycles. The molecule has 0 aliphatic heterocycles. The number of carbonyl (C=O) groups is 1. The summed E-state index contributed by atoms with van der Waals surface area (Å²) in [5, 5.41) is 8.05. The Hall–Kier alpha value is -2.11. The Morgan fingerprint density at radius 1 is 1.24 bits per heavy atom. The minimum Gasteiger partial charge on any atom is -0.337 e. The highest BCUT2D eigenvalue weighted by Crippen LogP contribution is 2.06. The Kier molecular flexibility index (Phi) is 2.95. The molecule has 0 unspecified atom stereocenters. The van der Waals surface area contributed by atoms with Crippen LogP contribution < -0.4 is 0 Å². The third-order valence-corrected chi connectivity index (χ3v) is 2.48. The van der Waals surface area contributed by atoms with Crippen LogP contribution in [-0.4, -0.2) is 37.4 Å². The lowest BCUT2D eigenvalue weighted by Crippen LogP contribution is -2.25. The van der Waals surface area contributed by atoms with E-state index >= 15 is 0 Å². The van der Waals surface area contributed by atoms with Crippen molar-refractivity contribution in [2.75, 3.05) is 7.05 Å². The molecule has 2 heterocycles. The highest BCUT2D eigenvalue weighted by atomic mass is 16.2. The third kappa shape index (κ3) is 2.52. The number of amides is 1. The van der Waals surface area contributed by atoms with E-state index in [1.54, 1.807) is 46.9 Å². The molecule has 17 heavy (non-hydrogen) atoms. The fraction of sp³-hybridized carbons (Fsp3) is 0.364. The summed E-state index contributed by atoms with van der Waals surface area (Å²) in [6, 6.07) is 0. The number of hydrogen-bond acceptors (Lipinski definition) is 3. The SMILES string of the molecule is CN(Cc1cnn(C)c1)C(=O)c1cnn(C)c1. The van der Waals surface area contributed by atoms with E-state index in [4.69, 9.17) is 0 Å². The average molecular weight is 233 g/mol. The Labute approximate surface area is 99.4 Å². The van der Waals surface area contributed by atoms with E-state index in [0.29, 0.717) is 12.1 Å². The third-order valence-electron chi connectivity index (χ3n) is 2.48. The van der Waals surface area contributed by atoms with Crippen LogP contribution in [0.4, 0.5) is 0 Å². The largest absolute Gasteiger partial charge is 0.337 e. The zero-order valence-corrected chi connectivity index (χ0v) is 10.2. The Morgan fingerprint density at radius 2 is 1.88 bits per heavy atom. The second-order valence-electron chi connectivity index (χ2n) is 4.09. The van der Waals surface area contributed by atoms with Gasteiger partial charge in [0.2, 0.25) is 0 Å². The van der Waals surface area contributed by atoms with Gasteiger partial charge in [-0.15, -0.1) is 0 Å². The highest BCUT2D eigenvalue weighted by Gasteiger charge is 2.14. The van der Waals surface area contributed by atoms with Crippen LogP contribution in [0.3, 0.4) is 0 Å². The van der Waals surface area contributed by atoms with Crippen LogP contribution in [0, 0.1) is 0 Å². The second kappa shape index (κ2) is 4.40. The van der Waals surface area contributed by atoms with Crippen molar-refractivity contribution in [1.29, 1.82) is 0 Å². The van der Waals surface area contributed by atoms with E-state index in [9.17, 15) is 4.79 Å². The van der Waals surface area contributed by atoms with Crippen molar-refractivity contribution in [2.45, 2.75) is 6.54 Å². The molecule has 90 valence electrons. The predicted molar refractivity (Wildman–Crippen MR) is 62.2 cm³/mol. The monoisotopic (exact) mass is 233 g/mol. The van der Waals surface area contributed by atoms with Gasteiger partial charge in [0, 0.05) is 45.6 Å². The molecule has 1 amide bonds. The first kappa shape index (κ1) is 11.4. The number of aromatic nitrogens is 4. The molecule has 0 spiro atoms. The van der Waals surface area contributed by atoms with Crippen LogP contribution in [-0.2, 0) is 20.6 Å². The molecule has 6 heteroatoms. The Bertz CT molecular complexity index is 527. The molecular weight excluding hydrogens is 218 g/mol. The first-order valence-electron chi connectivity index (χ1n) is 5.28. The summed E-state index contributed by atoms with van der Waals surface area (Å²) in [7, 11) is 5.41. The predicted octanol–water partition coefficient (Wildman–Crippen LogP) is 0.426. The number of aryl methyl sites for hydroxylation is 2. The van der Waals surface area contributed by atoms with Crippen molar-refractivity contribution in [3.05, 3.63) is 35.9 Å². The molecule has 6 nitrogen and oxygen atoms in total. The van der Waals surface area contributed by atoms with Crippen molar-refractivity contribution in [3.63, 3.8) is 0 Å². The van der Waals surface area contributed by atoms with Gasteiger partial charge in [-0.25, -0.2) is 0 Å². The van der Waals surface area contributed by atoms with E-state index in [1.165, 1.54) is 0 Å². The van der Waals surface area contributed by atoms with E-state index in [2.05, 4.69) is 10.2 Å². The summed E-state index contributed by atoms with van der Waals surface area (Å²) in [6.07, 6.45) is 6.93. The molecule has 0 atom stereocenters. The van der Waals surface area contributed by atoms with Gasteiger partial charge in [-0.2, -0.15) is 10.2 Å². The quantitative estimate of drug-likeness (QED) is 0.772. The summed E-state index contributed by atoms with van der Waals surface area (Å²) >= 11 is 0. The second-order valence-corrected chi connectivity index (χ2v) is 4.09. The van der Waals surface area contributed by atoms with Crippen LogP contribution in [0.25, 0.3) is 0 Å². The van der Waals surface area contributed by atoms with Gasteiger partial charge in [0.05, 0.1) is 18.0 Å². The first-order chi connectivity index (χ1) is 8.06. The molecule has 2 aromatic rings. The number of hydrogen-bond donors (Lipinski definition) is 0. The van der Waals surface area contributed by atoms with Gasteiger partial charge in [0.1, 0.15) is 0 Å². The van der Waals surface area contributed by atoms with Crippen LogP contribution in [0.15, 0.2) is 24.8 Å². The molecule has 0 saturated heterocycles. The van der Waals surface area contributed by atoms with Crippen molar-refractivity contribution < 1.29 is 4.79 Å². The van der Waals surface area contributed by atoms with E-state index < -0.39 is 0 Å². The molecule has 0 saturated carbocycles. The lowest BCUT2D eigenvalue weighted by atomic mass is 10.3. The van der Waals surface area contributed by atoms with E-state index in [-0.39, 0.29) is 5.91 Å². The zero-order valence-electron chi connectivity index (χ0n) is 10.2. The van der Waals surface area contributed by atoms with Crippen molar-refractivity contribution in [1.82, 2.24) is 24.5 Å². The van der Waals surface area contributed by atoms with Gasteiger partial charge in [-0.3, -0.25) is 14.2 Å². The van der Waals surface area contributed by atoms with Gasteiger partial charge in [-0.05, 0) is 0 Å². The maximum absolute atomic E-state index is 12.0. The minimum atomic E-state index is -0.0399. The molecule has 0 aliphatic rings. The van der Waals surface area contributed by atoms with Crippen LogP contribution >= 0.6 is 0 Å². The molecule has 0 aliphatic carbocycles. The topological polar surface area (TPSA) is 56.0 Å². The maximum Gasteiger partial charge on any atom is 0.257 e. The van der Waals surface area contributed by atoms with Crippen LogP contribution in [0.1, 0.15) is 15.9 Å². The fourth-order valence-corrected chi connectivity index (χ4v) is 1.65. The van der Waals surface area contributed by atoms with Gasteiger partial charge in [0.25, 0.3) is 5.91 Å². The lowest BCUT2D eigenvalue weighted by Gasteiger charge is -2.14.